The molecule has 1 aliphatic rings. The fourth-order valence-electron chi connectivity index (χ4n) is 2.13. The Balaban J connectivity index is 3.09. The van der Waals surface area contributed by atoms with Crippen LogP contribution in [0.25, 0.3) is 0 Å². The van der Waals surface area contributed by atoms with Gasteiger partial charge in [-0.1, -0.05) is 23.2 Å². The zero-order valence-electron chi connectivity index (χ0n) is 11.5. The van der Waals surface area contributed by atoms with E-state index in [1.54, 1.807) is 0 Å². The summed E-state index contributed by atoms with van der Waals surface area (Å²) in [5.74, 6) is -5.68. The van der Waals surface area contributed by atoms with Crippen LogP contribution in [0.5, 0.6) is 0 Å². The van der Waals surface area contributed by atoms with Crippen molar-refractivity contribution < 1.29 is 45.0 Å². The monoisotopic (exact) mass is 377 g/mol. The lowest BCUT2D eigenvalue weighted by molar-refractivity contribution is -0.295. The zero-order chi connectivity index (χ0) is 17.9. The van der Waals surface area contributed by atoms with Crippen molar-refractivity contribution in [2.24, 2.45) is 0 Å². The predicted octanol–water partition coefficient (Wildman–Crippen LogP) is -3.09. The molecular formula is C11H17Cl2NO9. The van der Waals surface area contributed by atoms with Crippen molar-refractivity contribution in [1.29, 1.82) is 0 Å². The molecule has 10 nitrogen and oxygen atoms in total. The van der Waals surface area contributed by atoms with Gasteiger partial charge in [0.1, 0.15) is 18.3 Å². The number of aliphatic hydroxyl groups excluding tert-OH is 4. The second-order valence-electron chi connectivity index (χ2n) is 5.02. The molecule has 0 spiro atoms. The van der Waals surface area contributed by atoms with E-state index >= 15 is 0 Å². The van der Waals surface area contributed by atoms with Gasteiger partial charge in [-0.15, -0.1) is 0 Å². The number of aliphatic carboxylic acids is 1. The van der Waals surface area contributed by atoms with Crippen molar-refractivity contribution in [3.8, 4) is 0 Å². The first-order chi connectivity index (χ1) is 10.5. The lowest BCUT2D eigenvalue weighted by Crippen LogP contribution is -2.67. The summed E-state index contributed by atoms with van der Waals surface area (Å²) in [5.41, 5.74) is 0. The topological polar surface area (TPSA) is 177 Å². The van der Waals surface area contributed by atoms with Gasteiger partial charge >= 0.3 is 5.97 Å². The minimum Gasteiger partial charge on any atom is -0.477 e. The van der Waals surface area contributed by atoms with E-state index in [0.29, 0.717) is 0 Å². The summed E-state index contributed by atoms with van der Waals surface area (Å²) < 4.78 is 4.86. The van der Waals surface area contributed by atoms with Crippen LogP contribution in [0.3, 0.4) is 0 Å². The van der Waals surface area contributed by atoms with E-state index < -0.39 is 66.0 Å². The third kappa shape index (κ3) is 4.64. The van der Waals surface area contributed by atoms with E-state index in [9.17, 15) is 30.0 Å². The quantitative estimate of drug-likeness (QED) is 0.236. The van der Waals surface area contributed by atoms with Crippen LogP contribution in [0.2, 0.25) is 0 Å². The van der Waals surface area contributed by atoms with Gasteiger partial charge in [-0.2, -0.15) is 0 Å². The summed E-state index contributed by atoms with van der Waals surface area (Å²) in [6, 6.07) is -1.45. The van der Waals surface area contributed by atoms with Crippen LogP contribution in [0.1, 0.15) is 6.42 Å². The number of carboxylic acid groups (broad SMARTS) is 1. The van der Waals surface area contributed by atoms with Crippen molar-refractivity contribution >= 4 is 35.1 Å². The summed E-state index contributed by atoms with van der Waals surface area (Å²) in [7, 11) is 0. The molecule has 6 atom stereocenters. The predicted molar refractivity (Wildman–Crippen MR) is 74.6 cm³/mol. The first-order valence-corrected chi connectivity index (χ1v) is 7.28. The molecule has 7 N–H and O–H groups in total. The van der Waals surface area contributed by atoms with Crippen LogP contribution in [0, 0.1) is 0 Å². The van der Waals surface area contributed by atoms with Crippen LogP contribution in [-0.4, -0.2) is 90.2 Å². The number of amides is 1. The number of carbonyl (C=O) groups excluding carboxylic acids is 1. The minimum atomic E-state index is -2.86. The van der Waals surface area contributed by atoms with Crippen molar-refractivity contribution in [2.75, 3.05) is 6.61 Å². The average Bonchev–Trinajstić information content (AvgIpc) is 2.47. The molecule has 23 heavy (non-hydrogen) atoms. The van der Waals surface area contributed by atoms with Gasteiger partial charge < -0.3 is 40.7 Å². The molecule has 1 saturated heterocycles. The van der Waals surface area contributed by atoms with Crippen molar-refractivity contribution in [1.82, 2.24) is 5.32 Å². The second kappa shape index (κ2) is 7.90. The fourth-order valence-corrected chi connectivity index (χ4v) is 2.25. The molecular weight excluding hydrogens is 361 g/mol. The Hall–Kier alpha value is -0.720. The van der Waals surface area contributed by atoms with Gasteiger partial charge in [0.15, 0.2) is 4.84 Å². The Morgan fingerprint density at radius 3 is 2.35 bits per heavy atom. The summed E-state index contributed by atoms with van der Waals surface area (Å²) in [4.78, 5) is 21.1. The summed E-state index contributed by atoms with van der Waals surface area (Å²) in [5, 5.41) is 59.2. The number of hydrogen-bond acceptors (Lipinski definition) is 8. The number of nitrogens with one attached hydrogen (secondary N) is 1. The van der Waals surface area contributed by atoms with E-state index in [1.807, 2.05) is 0 Å². The maximum absolute atomic E-state index is 11.5. The van der Waals surface area contributed by atoms with E-state index in [1.165, 1.54) is 0 Å². The molecule has 134 valence electrons. The Bertz CT molecular complexity index is 451. The van der Waals surface area contributed by atoms with Crippen molar-refractivity contribution in [3.05, 3.63) is 0 Å². The van der Waals surface area contributed by atoms with E-state index in [0.717, 1.165) is 0 Å². The van der Waals surface area contributed by atoms with Gasteiger partial charge in [0, 0.05) is 6.42 Å². The molecule has 0 bridgehead atoms. The zero-order valence-corrected chi connectivity index (χ0v) is 13.1. The lowest BCUT2D eigenvalue weighted by Gasteiger charge is -2.44. The number of aliphatic hydroxyl groups is 5. The van der Waals surface area contributed by atoms with Crippen LogP contribution >= 0.6 is 23.2 Å². The minimum absolute atomic E-state index is 0.832. The fraction of sp³-hybridized carbons (Fsp3) is 0.818. The first-order valence-electron chi connectivity index (χ1n) is 6.40. The van der Waals surface area contributed by atoms with Gasteiger partial charge in [0.05, 0.1) is 18.8 Å². The Morgan fingerprint density at radius 1 is 1.35 bits per heavy atom. The maximum atomic E-state index is 11.5. The molecule has 12 heteroatoms. The molecule has 0 aromatic rings. The number of ether oxygens (including phenoxy) is 1. The molecule has 1 aliphatic heterocycles. The van der Waals surface area contributed by atoms with E-state index in [2.05, 4.69) is 5.32 Å². The number of alkyl halides is 2. The number of rotatable bonds is 6. The van der Waals surface area contributed by atoms with Crippen LogP contribution in [0.4, 0.5) is 0 Å². The van der Waals surface area contributed by atoms with Crippen LogP contribution < -0.4 is 5.32 Å². The smallest absolute Gasteiger partial charge is 0.364 e. The van der Waals surface area contributed by atoms with Crippen LogP contribution in [0.15, 0.2) is 0 Å². The largest absolute Gasteiger partial charge is 0.477 e. The lowest BCUT2D eigenvalue weighted by atomic mass is 9.88. The number of halogens is 2. The average molecular weight is 378 g/mol. The molecule has 1 heterocycles. The second-order valence-corrected chi connectivity index (χ2v) is 6.12. The third-order valence-corrected chi connectivity index (χ3v) is 3.74. The highest BCUT2D eigenvalue weighted by atomic mass is 35.5. The SMILES string of the molecule is O=C(N[C@H]1[C@H]([C@H](O)[C@H](O)CO)O[C@](O)(C(=O)O)C[C@@H]1O)C(Cl)Cl. The third-order valence-electron chi connectivity index (χ3n) is 3.34. The summed E-state index contributed by atoms with van der Waals surface area (Å²) in [6.45, 7) is -0.920. The molecule has 0 radical (unpaired) electrons. The normalized spacial score (nSPS) is 34.0. The molecule has 0 saturated carbocycles. The van der Waals surface area contributed by atoms with Gasteiger partial charge in [-0.05, 0) is 0 Å². The summed E-state index contributed by atoms with van der Waals surface area (Å²) in [6.07, 6.45) is -7.99. The van der Waals surface area contributed by atoms with E-state index in [4.69, 9.17) is 38.2 Å². The van der Waals surface area contributed by atoms with E-state index in [-0.39, 0.29) is 0 Å². The molecule has 1 amide bonds. The van der Waals surface area contributed by atoms with Crippen LogP contribution in [-0.2, 0) is 14.3 Å². The maximum Gasteiger partial charge on any atom is 0.364 e. The van der Waals surface area contributed by atoms with Crippen molar-refractivity contribution in [2.45, 2.75) is 47.5 Å². The van der Waals surface area contributed by atoms with Crippen molar-refractivity contribution in [3.63, 3.8) is 0 Å². The standard InChI is InChI=1S/C11H17Cl2NO9/c12-8(13)9(19)14-5-3(16)1-11(22,10(20)21)23-7(5)6(18)4(17)2-15/h3-8,15-18,22H,1-2H2,(H,14,19)(H,20,21)/t3-,4+,5+,6+,7+,11-/m0/s1. The number of hydrogen-bond donors (Lipinski definition) is 7. The highest BCUT2D eigenvalue weighted by molar-refractivity contribution is 6.53. The number of carboxylic acids is 1. The van der Waals surface area contributed by atoms with Gasteiger partial charge in [-0.25, -0.2) is 4.79 Å². The highest BCUT2D eigenvalue weighted by Gasteiger charge is 2.54. The molecule has 0 unspecified atom stereocenters. The highest BCUT2D eigenvalue weighted by Crippen LogP contribution is 2.30. The number of carbonyl (C=O) groups is 2. The van der Waals surface area contributed by atoms with Gasteiger partial charge in [-0.3, -0.25) is 4.79 Å². The Morgan fingerprint density at radius 2 is 1.91 bits per heavy atom. The first kappa shape index (κ1) is 20.3. The molecule has 1 rings (SSSR count). The molecule has 1 fully saturated rings. The van der Waals surface area contributed by atoms with Gasteiger partial charge in [0.2, 0.25) is 0 Å². The summed E-state index contributed by atoms with van der Waals surface area (Å²) >= 11 is 10.7. The molecule has 0 aromatic heterocycles. The Kier molecular flexibility index (Phi) is 6.98. The van der Waals surface area contributed by atoms with Gasteiger partial charge in [0.25, 0.3) is 11.7 Å². The molecule has 0 aromatic carbocycles. The Labute approximate surface area is 140 Å². The molecule has 0 aliphatic carbocycles.